The molecule has 80 valence electrons. The van der Waals surface area contributed by atoms with Gasteiger partial charge in [-0.25, -0.2) is 4.79 Å². The van der Waals surface area contributed by atoms with Gasteiger partial charge in [0.15, 0.2) is 0 Å². The van der Waals surface area contributed by atoms with Crippen LogP contribution in [0.3, 0.4) is 0 Å². The molecule has 0 bridgehead atoms. The molecular weight excluding hydrogens is 186 g/mol. The molecule has 5 heteroatoms. The van der Waals surface area contributed by atoms with E-state index in [2.05, 4.69) is 10.1 Å². The van der Waals surface area contributed by atoms with Crippen LogP contribution < -0.4 is 5.32 Å². The second-order valence-electron chi connectivity index (χ2n) is 3.98. The second kappa shape index (κ2) is 3.10. The summed E-state index contributed by atoms with van der Waals surface area (Å²) < 4.78 is 9.56. The number of aliphatic hydroxyl groups is 1. The Morgan fingerprint density at radius 3 is 2.50 bits per heavy atom. The molecule has 2 aliphatic rings. The van der Waals surface area contributed by atoms with E-state index in [4.69, 9.17) is 4.74 Å². The molecule has 1 amide bonds. The Bertz CT molecular complexity index is 243. The van der Waals surface area contributed by atoms with Gasteiger partial charge in [0.1, 0.15) is 6.61 Å². The number of alkyl carbamates (subject to hydrolysis) is 1. The monoisotopic (exact) mass is 201 g/mol. The van der Waals surface area contributed by atoms with Gasteiger partial charge in [0.25, 0.3) is 0 Å². The van der Waals surface area contributed by atoms with E-state index in [1.54, 1.807) is 0 Å². The van der Waals surface area contributed by atoms with Crippen LogP contribution in [0.25, 0.3) is 0 Å². The predicted octanol–water partition coefficient (Wildman–Crippen LogP) is 0.374. The zero-order valence-electron chi connectivity index (χ0n) is 8.21. The first-order chi connectivity index (χ1) is 6.62. The first kappa shape index (κ1) is 9.73. The number of methoxy groups -OCH3 is 1. The molecule has 2 fully saturated rings. The van der Waals surface area contributed by atoms with Crippen LogP contribution >= 0.6 is 0 Å². The summed E-state index contributed by atoms with van der Waals surface area (Å²) in [6.07, 6.45) is 2.98. The van der Waals surface area contributed by atoms with E-state index in [0.29, 0.717) is 6.61 Å². The Hall–Kier alpha value is -0.810. The summed E-state index contributed by atoms with van der Waals surface area (Å²) >= 11 is 0. The van der Waals surface area contributed by atoms with Crippen molar-refractivity contribution < 1.29 is 19.4 Å². The van der Waals surface area contributed by atoms with Crippen molar-refractivity contribution in [1.29, 1.82) is 0 Å². The fourth-order valence-corrected chi connectivity index (χ4v) is 2.18. The number of hydrogen-bond donors (Lipinski definition) is 2. The number of rotatable bonds is 2. The predicted molar refractivity (Wildman–Crippen MR) is 47.6 cm³/mol. The Morgan fingerprint density at radius 1 is 1.50 bits per heavy atom. The summed E-state index contributed by atoms with van der Waals surface area (Å²) in [5.74, 6) is -1.16. The van der Waals surface area contributed by atoms with E-state index < -0.39 is 17.4 Å². The normalized spacial score (nSPS) is 33.9. The highest BCUT2D eigenvalue weighted by Gasteiger charge is 2.62. The Kier molecular flexibility index (Phi) is 2.16. The number of hydrogen-bond acceptors (Lipinski definition) is 4. The van der Waals surface area contributed by atoms with Crippen molar-refractivity contribution in [1.82, 2.24) is 5.32 Å². The maximum Gasteiger partial charge on any atom is 0.407 e. The van der Waals surface area contributed by atoms with Crippen LogP contribution in [0.4, 0.5) is 4.79 Å². The lowest BCUT2D eigenvalue weighted by atomic mass is 9.91. The summed E-state index contributed by atoms with van der Waals surface area (Å²) in [5.41, 5.74) is -0.625. The van der Waals surface area contributed by atoms with Gasteiger partial charge in [0.2, 0.25) is 5.79 Å². The van der Waals surface area contributed by atoms with Gasteiger partial charge in [-0.15, -0.1) is 0 Å². The van der Waals surface area contributed by atoms with E-state index in [-0.39, 0.29) is 0 Å². The van der Waals surface area contributed by atoms with Crippen LogP contribution in [-0.2, 0) is 9.47 Å². The van der Waals surface area contributed by atoms with Gasteiger partial charge in [-0.1, -0.05) is 12.8 Å². The van der Waals surface area contributed by atoms with E-state index >= 15 is 0 Å². The first-order valence-electron chi connectivity index (χ1n) is 4.84. The Balaban J connectivity index is 2.10. The third-order valence-corrected chi connectivity index (χ3v) is 3.15. The lowest BCUT2D eigenvalue weighted by Gasteiger charge is -2.32. The summed E-state index contributed by atoms with van der Waals surface area (Å²) in [4.78, 5) is 11.1. The quantitative estimate of drug-likeness (QED) is 0.633. The molecule has 0 aromatic carbocycles. The van der Waals surface area contributed by atoms with Crippen LogP contribution in [-0.4, -0.2) is 36.2 Å². The highest BCUT2D eigenvalue weighted by Crippen LogP contribution is 2.45. The van der Waals surface area contributed by atoms with Crippen LogP contribution in [0, 0.1) is 0 Å². The Labute approximate surface area is 82.4 Å². The standard InChI is InChI=1S/C9H15NO4/c1-13-7(11)10-8(4-2-3-5-8)9(12)6-14-9/h12H,2-6H2,1H3,(H,10,11)/t9-/m0/s1. The van der Waals surface area contributed by atoms with Crippen molar-refractivity contribution in [2.24, 2.45) is 0 Å². The summed E-state index contributed by atoms with van der Waals surface area (Å²) in [7, 11) is 1.32. The van der Waals surface area contributed by atoms with Crippen molar-refractivity contribution in [3.8, 4) is 0 Å². The second-order valence-corrected chi connectivity index (χ2v) is 3.98. The van der Waals surface area contributed by atoms with Crippen LogP contribution in [0.2, 0.25) is 0 Å². The molecule has 0 aromatic heterocycles. The molecule has 1 aliphatic heterocycles. The maximum atomic E-state index is 11.1. The molecule has 1 heterocycles. The molecule has 1 saturated heterocycles. The fourth-order valence-electron chi connectivity index (χ4n) is 2.18. The van der Waals surface area contributed by atoms with Gasteiger partial charge < -0.3 is 19.9 Å². The lowest BCUT2D eigenvalue weighted by Crippen LogP contribution is -2.57. The van der Waals surface area contributed by atoms with E-state index in [1.165, 1.54) is 7.11 Å². The smallest absolute Gasteiger partial charge is 0.407 e. The number of ether oxygens (including phenoxy) is 2. The lowest BCUT2D eigenvalue weighted by molar-refractivity contribution is -0.0462. The molecule has 1 atom stereocenters. The number of carbonyl (C=O) groups is 1. The van der Waals surface area contributed by atoms with Crippen molar-refractivity contribution in [3.05, 3.63) is 0 Å². The van der Waals surface area contributed by atoms with Gasteiger partial charge >= 0.3 is 6.09 Å². The van der Waals surface area contributed by atoms with E-state index in [0.717, 1.165) is 25.7 Å². The van der Waals surface area contributed by atoms with Crippen molar-refractivity contribution in [2.45, 2.75) is 37.0 Å². The van der Waals surface area contributed by atoms with Crippen LogP contribution in [0.15, 0.2) is 0 Å². The average Bonchev–Trinajstić information content (AvgIpc) is 2.76. The number of carbonyl (C=O) groups excluding carboxylic acids is 1. The Morgan fingerprint density at radius 2 is 2.07 bits per heavy atom. The molecule has 1 aliphatic carbocycles. The zero-order valence-corrected chi connectivity index (χ0v) is 8.21. The van der Waals surface area contributed by atoms with E-state index in [1.807, 2.05) is 0 Å². The third-order valence-electron chi connectivity index (χ3n) is 3.15. The summed E-state index contributed by atoms with van der Waals surface area (Å²) in [6, 6.07) is 0. The number of amides is 1. The van der Waals surface area contributed by atoms with Gasteiger partial charge in [-0.05, 0) is 12.8 Å². The summed E-state index contributed by atoms with van der Waals surface area (Å²) in [6.45, 7) is 0.303. The molecule has 0 radical (unpaired) electrons. The van der Waals surface area contributed by atoms with Gasteiger partial charge in [-0.3, -0.25) is 0 Å². The molecule has 1 saturated carbocycles. The highest BCUT2D eigenvalue weighted by molar-refractivity contribution is 5.68. The maximum absolute atomic E-state index is 11.1. The molecule has 2 N–H and O–H groups in total. The van der Waals surface area contributed by atoms with Gasteiger partial charge in [0, 0.05) is 0 Å². The molecule has 0 aromatic rings. The molecule has 14 heavy (non-hydrogen) atoms. The van der Waals surface area contributed by atoms with Crippen LogP contribution in [0.5, 0.6) is 0 Å². The first-order valence-corrected chi connectivity index (χ1v) is 4.84. The molecule has 0 spiro atoms. The highest BCUT2D eigenvalue weighted by atomic mass is 16.7. The third kappa shape index (κ3) is 1.36. The molecule has 2 rings (SSSR count). The summed E-state index contributed by atoms with van der Waals surface area (Å²) in [5, 5.41) is 12.6. The van der Waals surface area contributed by atoms with Crippen molar-refractivity contribution >= 4 is 6.09 Å². The minimum atomic E-state index is -1.16. The number of epoxide rings is 1. The number of nitrogens with one attached hydrogen (secondary N) is 1. The van der Waals surface area contributed by atoms with Crippen LogP contribution in [0.1, 0.15) is 25.7 Å². The van der Waals surface area contributed by atoms with Gasteiger partial charge in [0.05, 0.1) is 12.6 Å². The van der Waals surface area contributed by atoms with Crippen molar-refractivity contribution in [3.63, 3.8) is 0 Å². The van der Waals surface area contributed by atoms with Gasteiger partial charge in [-0.2, -0.15) is 0 Å². The molecular formula is C9H15NO4. The van der Waals surface area contributed by atoms with Crippen molar-refractivity contribution in [2.75, 3.05) is 13.7 Å². The zero-order chi connectivity index (χ0) is 10.2. The van der Waals surface area contributed by atoms with E-state index in [9.17, 15) is 9.90 Å². The SMILES string of the molecule is COC(=O)NC1([C@]2(O)CO2)CCCC1. The minimum absolute atomic E-state index is 0.303. The topological polar surface area (TPSA) is 71.1 Å². The average molecular weight is 201 g/mol. The minimum Gasteiger partial charge on any atom is -0.453 e. The molecule has 5 nitrogen and oxygen atoms in total. The molecule has 0 unspecified atom stereocenters. The largest absolute Gasteiger partial charge is 0.453 e. The fraction of sp³-hybridized carbons (Fsp3) is 0.889.